The maximum absolute atomic E-state index is 14.0. The number of nitrogens with zero attached hydrogens (tertiary/aromatic N) is 3. The molecule has 0 saturated carbocycles. The molecule has 0 saturated heterocycles. The van der Waals surface area contributed by atoms with Crippen LogP contribution >= 0.6 is 0 Å². The van der Waals surface area contributed by atoms with Crippen molar-refractivity contribution in [1.29, 1.82) is 0 Å². The summed E-state index contributed by atoms with van der Waals surface area (Å²) in [5.41, 5.74) is 3.27. The minimum atomic E-state index is -0.459. The van der Waals surface area contributed by atoms with Crippen LogP contribution in [0.1, 0.15) is 27.8 Å². The lowest BCUT2D eigenvalue weighted by atomic mass is 10.1. The molecule has 0 atom stereocenters. The lowest BCUT2D eigenvalue weighted by Gasteiger charge is -2.06. The zero-order valence-electron chi connectivity index (χ0n) is 16.2. The zero-order chi connectivity index (χ0) is 21.3. The van der Waals surface area contributed by atoms with Crippen molar-refractivity contribution >= 4 is 23.2 Å². The van der Waals surface area contributed by atoms with Crippen LogP contribution in [-0.4, -0.2) is 33.6 Å². The molecule has 0 aliphatic heterocycles. The fourth-order valence-electron chi connectivity index (χ4n) is 2.98. The number of anilines is 1. The van der Waals surface area contributed by atoms with E-state index < -0.39 is 11.9 Å². The topological polar surface area (TPSA) is 85.6 Å². The van der Waals surface area contributed by atoms with E-state index in [4.69, 9.17) is 0 Å². The molecule has 0 spiro atoms. The van der Waals surface area contributed by atoms with Crippen LogP contribution in [0.3, 0.4) is 0 Å². The molecule has 7 nitrogen and oxygen atoms in total. The Hall–Kier alpha value is -4.07. The first-order chi connectivity index (χ1) is 14.5. The predicted molar refractivity (Wildman–Crippen MR) is 111 cm³/mol. The van der Waals surface area contributed by atoms with Gasteiger partial charge in [-0.05, 0) is 48.9 Å². The minimum absolute atomic E-state index is 0. The van der Waals surface area contributed by atoms with Gasteiger partial charge >= 0.3 is 5.97 Å². The summed E-state index contributed by atoms with van der Waals surface area (Å²) in [5.74, 6) is -1.22. The first-order valence-electron chi connectivity index (χ1n) is 9.07. The third-order valence-corrected chi connectivity index (χ3v) is 4.62. The zero-order valence-corrected chi connectivity index (χ0v) is 16.2. The lowest BCUT2D eigenvalue weighted by Crippen LogP contribution is -2.13. The van der Waals surface area contributed by atoms with Gasteiger partial charge in [-0.3, -0.25) is 4.79 Å². The quantitative estimate of drug-likeness (QED) is 0.515. The summed E-state index contributed by atoms with van der Waals surface area (Å²) in [7, 11) is 1.30. The Kier molecular flexibility index (Phi) is 4.97. The summed E-state index contributed by atoms with van der Waals surface area (Å²) < 4.78 is 20.2. The van der Waals surface area contributed by atoms with Gasteiger partial charge in [-0.2, -0.15) is 5.10 Å². The van der Waals surface area contributed by atoms with E-state index in [-0.39, 0.29) is 12.9 Å². The van der Waals surface area contributed by atoms with Gasteiger partial charge in [-0.1, -0.05) is 12.1 Å². The van der Waals surface area contributed by atoms with Crippen LogP contribution < -0.4 is 5.32 Å². The molecule has 0 aliphatic rings. The minimum Gasteiger partial charge on any atom is -0.465 e. The van der Waals surface area contributed by atoms with Crippen molar-refractivity contribution in [3.05, 3.63) is 83.4 Å². The molecule has 8 heteroatoms. The largest absolute Gasteiger partial charge is 0.465 e. The van der Waals surface area contributed by atoms with Crippen molar-refractivity contribution in [2.45, 2.75) is 6.92 Å². The van der Waals surface area contributed by atoms with Crippen LogP contribution in [0.15, 0.2) is 60.8 Å². The molecule has 2 aromatic carbocycles. The van der Waals surface area contributed by atoms with E-state index in [2.05, 4.69) is 20.1 Å². The van der Waals surface area contributed by atoms with Crippen LogP contribution in [0.4, 0.5) is 10.1 Å². The Morgan fingerprint density at radius 3 is 2.57 bits per heavy atom. The molecule has 0 bridgehead atoms. The second-order valence-corrected chi connectivity index (χ2v) is 6.62. The smallest absolute Gasteiger partial charge is 0.337 e. The average Bonchev–Trinajstić information content (AvgIpc) is 3.20. The van der Waals surface area contributed by atoms with Crippen molar-refractivity contribution in [1.82, 2.24) is 14.6 Å². The Balaban J connectivity index is 0.00000272. The van der Waals surface area contributed by atoms with Crippen molar-refractivity contribution in [2.75, 3.05) is 12.4 Å². The standard InChI is InChI=1S/C22H17FN4O3.H2/c1-13-3-4-15(11-17(13)23)19-9-10-24-20-12-18(26-27(19)20)21(28)25-16-7-5-14(6-8-16)22(29)30-2;/h3-12H,1-2H3,(H,25,28);1H. The van der Waals surface area contributed by atoms with Gasteiger partial charge in [0.1, 0.15) is 5.82 Å². The van der Waals surface area contributed by atoms with Crippen molar-refractivity contribution in [2.24, 2.45) is 0 Å². The maximum Gasteiger partial charge on any atom is 0.337 e. The molecule has 0 unspecified atom stereocenters. The molecule has 4 rings (SSSR count). The van der Waals surface area contributed by atoms with Crippen molar-refractivity contribution in [3.8, 4) is 11.3 Å². The molecule has 2 heterocycles. The molecule has 1 amide bonds. The summed E-state index contributed by atoms with van der Waals surface area (Å²) in [6, 6.07) is 14.5. The monoisotopic (exact) mass is 406 g/mol. The van der Waals surface area contributed by atoms with Crippen molar-refractivity contribution < 1.29 is 20.1 Å². The highest BCUT2D eigenvalue weighted by molar-refractivity contribution is 6.03. The third kappa shape index (κ3) is 3.62. The second kappa shape index (κ2) is 7.75. The highest BCUT2D eigenvalue weighted by Gasteiger charge is 2.15. The Morgan fingerprint density at radius 1 is 1.10 bits per heavy atom. The van der Waals surface area contributed by atoms with Crippen LogP contribution in [0, 0.1) is 12.7 Å². The lowest BCUT2D eigenvalue weighted by molar-refractivity contribution is 0.0600. The molecule has 0 radical (unpaired) electrons. The number of benzene rings is 2. The number of esters is 1. The summed E-state index contributed by atoms with van der Waals surface area (Å²) in [5, 5.41) is 7.07. The highest BCUT2D eigenvalue weighted by Crippen LogP contribution is 2.22. The molecular weight excluding hydrogens is 387 g/mol. The second-order valence-electron chi connectivity index (χ2n) is 6.62. The van der Waals surface area contributed by atoms with Gasteiger partial charge in [0.05, 0.1) is 18.4 Å². The van der Waals surface area contributed by atoms with E-state index in [0.717, 1.165) is 0 Å². The normalized spacial score (nSPS) is 10.8. The van der Waals surface area contributed by atoms with Crippen molar-refractivity contribution in [3.63, 3.8) is 0 Å². The third-order valence-electron chi connectivity index (χ3n) is 4.62. The van der Waals surface area contributed by atoms with Gasteiger partial charge in [-0.15, -0.1) is 0 Å². The number of carbonyl (C=O) groups is 2. The SMILES string of the molecule is COC(=O)c1ccc(NC(=O)c2cc3nccc(-c4ccc(C)c(F)c4)n3n2)cc1.[HH]. The summed E-state index contributed by atoms with van der Waals surface area (Å²) >= 11 is 0. The number of aryl methyl sites for hydroxylation is 1. The van der Waals surface area contributed by atoms with Crippen LogP contribution in [0.25, 0.3) is 16.9 Å². The number of aromatic nitrogens is 3. The van der Waals surface area contributed by atoms with Gasteiger partial charge in [0, 0.05) is 24.9 Å². The maximum atomic E-state index is 14.0. The van der Waals surface area contributed by atoms with E-state index in [1.165, 1.54) is 17.7 Å². The van der Waals surface area contributed by atoms with E-state index in [0.29, 0.717) is 33.7 Å². The number of ether oxygens (including phenoxy) is 1. The van der Waals surface area contributed by atoms with E-state index in [1.807, 2.05) is 0 Å². The molecular formula is C22H19FN4O3. The number of carbonyl (C=O) groups excluding carboxylic acids is 2. The van der Waals surface area contributed by atoms with Gasteiger partial charge in [0.15, 0.2) is 11.3 Å². The number of fused-ring (bicyclic) bond motifs is 1. The number of hydrogen-bond acceptors (Lipinski definition) is 5. The fraction of sp³-hybridized carbons (Fsp3) is 0.0909. The highest BCUT2D eigenvalue weighted by atomic mass is 19.1. The average molecular weight is 406 g/mol. The molecule has 0 aliphatic carbocycles. The Labute approximate surface area is 172 Å². The molecule has 30 heavy (non-hydrogen) atoms. The molecule has 2 aromatic heterocycles. The molecule has 1 N–H and O–H groups in total. The Morgan fingerprint density at radius 2 is 1.87 bits per heavy atom. The first-order valence-corrected chi connectivity index (χ1v) is 9.07. The summed E-state index contributed by atoms with van der Waals surface area (Å²) in [4.78, 5) is 28.4. The van der Waals surface area contributed by atoms with Gasteiger partial charge in [0.25, 0.3) is 5.91 Å². The van der Waals surface area contributed by atoms with Gasteiger partial charge in [-0.25, -0.2) is 18.7 Å². The van der Waals surface area contributed by atoms with E-state index in [1.54, 1.807) is 61.7 Å². The predicted octanol–water partition coefficient (Wildman–Crippen LogP) is 4.13. The number of hydrogen-bond donors (Lipinski definition) is 1. The van der Waals surface area contributed by atoms with Crippen LogP contribution in [0.5, 0.6) is 0 Å². The Bertz CT molecular complexity index is 1270. The van der Waals surface area contributed by atoms with E-state index >= 15 is 0 Å². The van der Waals surface area contributed by atoms with Gasteiger partial charge in [0.2, 0.25) is 0 Å². The van der Waals surface area contributed by atoms with Gasteiger partial charge < -0.3 is 10.1 Å². The first kappa shape index (κ1) is 19.3. The molecule has 0 fully saturated rings. The number of rotatable bonds is 4. The number of amides is 1. The number of nitrogens with one attached hydrogen (secondary N) is 1. The number of methoxy groups -OCH3 is 1. The van der Waals surface area contributed by atoms with E-state index in [9.17, 15) is 14.0 Å². The fourth-order valence-corrected chi connectivity index (χ4v) is 2.98. The summed E-state index contributed by atoms with van der Waals surface area (Å²) in [6.07, 6.45) is 1.58. The van der Waals surface area contributed by atoms with Crippen LogP contribution in [0.2, 0.25) is 0 Å². The molecule has 152 valence electrons. The summed E-state index contributed by atoms with van der Waals surface area (Å²) in [6.45, 7) is 1.69. The molecule has 4 aromatic rings. The number of halogens is 1. The van der Waals surface area contributed by atoms with Crippen LogP contribution in [-0.2, 0) is 4.74 Å².